The molecule has 0 unspecified atom stereocenters. The van der Waals surface area contributed by atoms with Crippen LogP contribution in [0, 0.1) is 5.92 Å². The molecule has 1 N–H and O–H groups in total. The number of hydrogen-bond acceptors (Lipinski definition) is 3. The first-order valence-corrected chi connectivity index (χ1v) is 6.23. The van der Waals surface area contributed by atoms with Crippen molar-refractivity contribution in [3.8, 4) is 11.5 Å². The van der Waals surface area contributed by atoms with Crippen LogP contribution in [0.25, 0.3) is 0 Å². The van der Waals surface area contributed by atoms with Crippen molar-refractivity contribution in [3.05, 3.63) is 22.7 Å². The van der Waals surface area contributed by atoms with Crippen molar-refractivity contribution in [3.63, 3.8) is 0 Å². The third-order valence-corrected chi connectivity index (χ3v) is 3.45. The van der Waals surface area contributed by atoms with Gasteiger partial charge >= 0.3 is 5.97 Å². The normalized spacial score (nSPS) is 15.0. The molecule has 1 aliphatic carbocycles. The molecule has 0 aromatic heterocycles. The molecular formula is C13H15ClO4. The fourth-order valence-corrected chi connectivity index (χ4v) is 2.11. The Morgan fingerprint density at radius 3 is 2.72 bits per heavy atom. The molecule has 1 aliphatic rings. The van der Waals surface area contributed by atoms with Crippen LogP contribution in [0.5, 0.6) is 11.5 Å². The van der Waals surface area contributed by atoms with Crippen LogP contribution in [0.4, 0.5) is 0 Å². The number of hydrogen-bond donors (Lipinski definition) is 1. The molecule has 98 valence electrons. The van der Waals surface area contributed by atoms with Crippen molar-refractivity contribution in [2.45, 2.75) is 19.3 Å². The average Bonchev–Trinajstić information content (AvgIpc) is 2.28. The van der Waals surface area contributed by atoms with Gasteiger partial charge < -0.3 is 14.6 Å². The Hall–Kier alpha value is -1.42. The molecule has 0 bridgehead atoms. The van der Waals surface area contributed by atoms with Gasteiger partial charge in [-0.05, 0) is 30.9 Å². The second kappa shape index (κ2) is 5.48. The monoisotopic (exact) mass is 270 g/mol. The molecule has 1 aromatic rings. The quantitative estimate of drug-likeness (QED) is 0.892. The maximum Gasteiger partial charge on any atom is 0.335 e. The van der Waals surface area contributed by atoms with Crippen molar-refractivity contribution < 1.29 is 19.4 Å². The van der Waals surface area contributed by atoms with Gasteiger partial charge in [0.15, 0.2) is 11.5 Å². The number of rotatable bonds is 5. The second-order valence-electron chi connectivity index (χ2n) is 4.40. The fraction of sp³-hybridized carbons (Fsp3) is 0.462. The summed E-state index contributed by atoms with van der Waals surface area (Å²) in [6.07, 6.45) is 3.59. The van der Waals surface area contributed by atoms with Gasteiger partial charge in [0.1, 0.15) is 0 Å². The molecule has 4 nitrogen and oxygen atoms in total. The second-order valence-corrected chi connectivity index (χ2v) is 4.81. The third kappa shape index (κ3) is 2.70. The Morgan fingerprint density at radius 1 is 1.50 bits per heavy atom. The van der Waals surface area contributed by atoms with Crippen LogP contribution >= 0.6 is 11.6 Å². The van der Waals surface area contributed by atoms with Crippen molar-refractivity contribution in [1.29, 1.82) is 0 Å². The van der Waals surface area contributed by atoms with E-state index >= 15 is 0 Å². The molecular weight excluding hydrogens is 256 g/mol. The topological polar surface area (TPSA) is 55.8 Å². The molecule has 1 aromatic carbocycles. The minimum atomic E-state index is -1.04. The Morgan fingerprint density at radius 2 is 2.22 bits per heavy atom. The highest BCUT2D eigenvalue weighted by Gasteiger charge is 2.21. The van der Waals surface area contributed by atoms with Crippen molar-refractivity contribution in [1.82, 2.24) is 0 Å². The summed E-state index contributed by atoms with van der Waals surface area (Å²) in [5.41, 5.74) is 0.0906. The van der Waals surface area contributed by atoms with E-state index in [9.17, 15) is 4.79 Å². The maximum atomic E-state index is 10.9. The van der Waals surface area contributed by atoms with Crippen LogP contribution in [0.3, 0.4) is 0 Å². The highest BCUT2D eigenvalue weighted by Crippen LogP contribution is 2.37. The van der Waals surface area contributed by atoms with E-state index in [2.05, 4.69) is 0 Å². The van der Waals surface area contributed by atoms with Crippen LogP contribution in [-0.4, -0.2) is 24.8 Å². The molecule has 0 saturated heterocycles. The molecule has 0 spiro atoms. The number of aromatic carboxylic acids is 1. The predicted octanol–water partition coefficient (Wildman–Crippen LogP) is 3.23. The summed E-state index contributed by atoms with van der Waals surface area (Å²) in [5.74, 6) is 0.320. The highest BCUT2D eigenvalue weighted by molar-refractivity contribution is 6.32. The zero-order valence-electron chi connectivity index (χ0n) is 10.1. The fourth-order valence-electron chi connectivity index (χ4n) is 1.84. The number of methoxy groups -OCH3 is 1. The lowest BCUT2D eigenvalue weighted by atomic mass is 9.86. The Kier molecular flexibility index (Phi) is 3.97. The van der Waals surface area contributed by atoms with E-state index in [1.165, 1.54) is 38.5 Å². The van der Waals surface area contributed by atoms with E-state index < -0.39 is 5.97 Å². The standard InChI is InChI=1S/C13H15ClO4/c1-17-11-6-9(13(15)16)5-10(14)12(11)18-7-8-3-2-4-8/h5-6,8H,2-4,7H2,1H3,(H,15,16). The van der Waals surface area contributed by atoms with E-state index in [1.54, 1.807) is 0 Å². The van der Waals surface area contributed by atoms with Crippen molar-refractivity contribution in [2.75, 3.05) is 13.7 Å². The molecule has 0 aliphatic heterocycles. The minimum absolute atomic E-state index is 0.0906. The van der Waals surface area contributed by atoms with Gasteiger partial charge in [0, 0.05) is 0 Å². The molecule has 18 heavy (non-hydrogen) atoms. The van der Waals surface area contributed by atoms with Gasteiger partial charge in [-0.25, -0.2) is 4.79 Å². The zero-order valence-corrected chi connectivity index (χ0v) is 10.9. The van der Waals surface area contributed by atoms with Crippen LogP contribution in [0.15, 0.2) is 12.1 Å². The Balaban J connectivity index is 2.18. The van der Waals surface area contributed by atoms with Gasteiger partial charge in [-0.3, -0.25) is 0 Å². The van der Waals surface area contributed by atoms with Gasteiger partial charge in [-0.1, -0.05) is 18.0 Å². The smallest absolute Gasteiger partial charge is 0.335 e. The Labute approximate surface area is 110 Å². The van der Waals surface area contributed by atoms with Crippen molar-refractivity contribution >= 4 is 17.6 Å². The molecule has 1 saturated carbocycles. The molecule has 0 amide bonds. The molecule has 0 atom stereocenters. The number of halogens is 1. The minimum Gasteiger partial charge on any atom is -0.493 e. The van der Waals surface area contributed by atoms with E-state index in [0.717, 1.165) is 0 Å². The number of carboxylic acid groups (broad SMARTS) is 1. The largest absolute Gasteiger partial charge is 0.493 e. The Bertz CT molecular complexity index is 455. The van der Waals surface area contributed by atoms with E-state index in [4.69, 9.17) is 26.2 Å². The molecule has 1 fully saturated rings. The summed E-state index contributed by atoms with van der Waals surface area (Å²) in [6.45, 7) is 0.600. The van der Waals surface area contributed by atoms with E-state index in [0.29, 0.717) is 24.0 Å². The molecule has 0 radical (unpaired) electrons. The zero-order chi connectivity index (χ0) is 13.1. The summed E-state index contributed by atoms with van der Waals surface area (Å²) >= 11 is 6.03. The van der Waals surface area contributed by atoms with Crippen LogP contribution in [0.1, 0.15) is 29.6 Å². The summed E-state index contributed by atoms with van der Waals surface area (Å²) in [7, 11) is 1.47. The SMILES string of the molecule is COc1cc(C(=O)O)cc(Cl)c1OCC1CCC1. The predicted molar refractivity (Wildman–Crippen MR) is 67.8 cm³/mol. The summed E-state index contributed by atoms with van der Waals surface area (Å²) < 4.78 is 10.8. The lowest BCUT2D eigenvalue weighted by Crippen LogP contribution is -2.19. The van der Waals surface area contributed by atoms with Crippen LogP contribution in [0.2, 0.25) is 5.02 Å². The van der Waals surface area contributed by atoms with Crippen LogP contribution < -0.4 is 9.47 Å². The molecule has 0 heterocycles. The van der Waals surface area contributed by atoms with Crippen molar-refractivity contribution in [2.24, 2.45) is 5.92 Å². The number of carboxylic acids is 1. The lowest BCUT2D eigenvalue weighted by molar-refractivity contribution is 0.0696. The number of carbonyl (C=O) groups is 1. The van der Waals surface area contributed by atoms with Gasteiger partial charge in [-0.2, -0.15) is 0 Å². The van der Waals surface area contributed by atoms with Gasteiger partial charge in [0.25, 0.3) is 0 Å². The summed E-state index contributed by atoms with van der Waals surface area (Å²) in [4.78, 5) is 10.9. The lowest BCUT2D eigenvalue weighted by Gasteiger charge is -2.25. The van der Waals surface area contributed by atoms with Crippen LogP contribution in [-0.2, 0) is 0 Å². The summed E-state index contributed by atoms with van der Waals surface area (Å²) in [5, 5.41) is 9.20. The first-order chi connectivity index (χ1) is 8.61. The highest BCUT2D eigenvalue weighted by atomic mass is 35.5. The molecule has 2 rings (SSSR count). The summed E-state index contributed by atoms with van der Waals surface area (Å²) in [6, 6.07) is 2.80. The first-order valence-electron chi connectivity index (χ1n) is 5.85. The third-order valence-electron chi connectivity index (χ3n) is 3.16. The van der Waals surface area contributed by atoms with Gasteiger partial charge in [0.05, 0.1) is 24.3 Å². The maximum absolute atomic E-state index is 10.9. The van der Waals surface area contributed by atoms with Gasteiger partial charge in [0.2, 0.25) is 0 Å². The van der Waals surface area contributed by atoms with E-state index in [-0.39, 0.29) is 10.6 Å². The average molecular weight is 271 g/mol. The number of ether oxygens (including phenoxy) is 2. The van der Waals surface area contributed by atoms with Gasteiger partial charge in [-0.15, -0.1) is 0 Å². The number of benzene rings is 1. The first kappa shape index (κ1) is 13.0. The van der Waals surface area contributed by atoms with E-state index in [1.807, 2.05) is 0 Å². The molecule has 5 heteroatoms.